The van der Waals surface area contributed by atoms with E-state index in [4.69, 9.17) is 9.47 Å². The molecule has 0 aliphatic heterocycles. The van der Waals surface area contributed by atoms with Crippen molar-refractivity contribution in [2.24, 2.45) is 0 Å². The van der Waals surface area contributed by atoms with Gasteiger partial charge in [-0.15, -0.1) is 22.7 Å². The molecule has 0 aliphatic carbocycles. The minimum atomic E-state index is -0.620. The second kappa shape index (κ2) is 10.1. The van der Waals surface area contributed by atoms with Crippen LogP contribution in [0, 0.1) is 6.92 Å². The fourth-order valence-corrected chi connectivity index (χ4v) is 4.39. The maximum absolute atomic E-state index is 12.7. The van der Waals surface area contributed by atoms with Gasteiger partial charge >= 0.3 is 11.9 Å². The highest BCUT2D eigenvalue weighted by Crippen LogP contribution is 2.31. The molecule has 1 aromatic carbocycles. The summed E-state index contributed by atoms with van der Waals surface area (Å²) in [6.07, 6.45) is 0. The third-order valence-electron chi connectivity index (χ3n) is 4.00. The van der Waals surface area contributed by atoms with Crippen LogP contribution >= 0.6 is 22.7 Å². The fourth-order valence-electron chi connectivity index (χ4n) is 2.63. The number of benzene rings is 1. The number of aromatic nitrogens is 1. The summed E-state index contributed by atoms with van der Waals surface area (Å²) in [4.78, 5) is 44.1. The van der Waals surface area contributed by atoms with Crippen LogP contribution in [0.2, 0.25) is 0 Å². The zero-order valence-corrected chi connectivity index (χ0v) is 18.1. The minimum absolute atomic E-state index is 0.210. The first-order valence-corrected chi connectivity index (χ1v) is 10.9. The first-order chi connectivity index (χ1) is 14.5. The number of thiazole rings is 1. The van der Waals surface area contributed by atoms with E-state index in [9.17, 15) is 14.4 Å². The highest BCUT2D eigenvalue weighted by Gasteiger charge is 2.23. The number of rotatable bonds is 8. The molecule has 156 valence electrons. The Labute approximate surface area is 181 Å². The van der Waals surface area contributed by atoms with Gasteiger partial charge in [0.15, 0.2) is 6.61 Å². The number of thiophene rings is 1. The lowest BCUT2D eigenvalue weighted by molar-refractivity contribution is -0.142. The quantitative estimate of drug-likeness (QED) is 0.489. The fraction of sp³-hybridized carbons (Fsp3) is 0.238. The highest BCUT2D eigenvalue weighted by atomic mass is 32.1. The van der Waals surface area contributed by atoms with Gasteiger partial charge in [-0.25, -0.2) is 9.78 Å². The van der Waals surface area contributed by atoms with Gasteiger partial charge in [0, 0.05) is 5.69 Å². The zero-order valence-electron chi connectivity index (χ0n) is 16.5. The predicted molar refractivity (Wildman–Crippen MR) is 116 cm³/mol. The van der Waals surface area contributed by atoms with Crippen LogP contribution in [0.3, 0.4) is 0 Å². The molecule has 0 saturated heterocycles. The molecule has 7 nitrogen and oxygen atoms in total. The molecular formula is C21H20N2O5S2. The summed E-state index contributed by atoms with van der Waals surface area (Å²) in [7, 11) is 0. The third kappa shape index (κ3) is 5.31. The number of esters is 2. The van der Waals surface area contributed by atoms with Gasteiger partial charge in [0.1, 0.15) is 16.4 Å². The van der Waals surface area contributed by atoms with Crippen molar-refractivity contribution in [2.45, 2.75) is 13.8 Å². The Hall–Kier alpha value is -3.04. The monoisotopic (exact) mass is 444 g/mol. The van der Waals surface area contributed by atoms with Gasteiger partial charge in [0.2, 0.25) is 0 Å². The zero-order chi connectivity index (χ0) is 21.5. The van der Waals surface area contributed by atoms with Gasteiger partial charge in [0.05, 0.1) is 17.2 Å². The lowest BCUT2D eigenvalue weighted by Crippen LogP contribution is -2.39. The number of amides is 1. The Morgan fingerprint density at radius 3 is 2.50 bits per heavy atom. The molecule has 1 amide bonds. The molecule has 0 fully saturated rings. The number of anilines is 1. The van der Waals surface area contributed by atoms with E-state index in [1.54, 1.807) is 44.2 Å². The predicted octanol–water partition coefficient (Wildman–Crippen LogP) is 3.93. The Morgan fingerprint density at radius 2 is 1.83 bits per heavy atom. The van der Waals surface area contributed by atoms with Crippen molar-refractivity contribution in [1.82, 2.24) is 4.98 Å². The van der Waals surface area contributed by atoms with Crippen molar-refractivity contribution in [2.75, 3.05) is 24.7 Å². The Kier molecular flexibility index (Phi) is 7.31. The molecule has 9 heteroatoms. The number of hydrogen-bond acceptors (Lipinski definition) is 8. The second-order valence-corrected chi connectivity index (χ2v) is 8.05. The molecule has 0 unspecified atom stereocenters. The van der Waals surface area contributed by atoms with Crippen molar-refractivity contribution in [3.63, 3.8) is 0 Å². The van der Waals surface area contributed by atoms with Crippen LogP contribution < -0.4 is 4.90 Å². The van der Waals surface area contributed by atoms with Crippen LogP contribution in [0.5, 0.6) is 0 Å². The summed E-state index contributed by atoms with van der Waals surface area (Å²) in [6, 6.07) is 12.5. The van der Waals surface area contributed by atoms with Gasteiger partial charge in [0.25, 0.3) is 5.91 Å². The summed E-state index contributed by atoms with van der Waals surface area (Å²) in [6.45, 7) is 2.86. The molecule has 0 bridgehead atoms. The van der Waals surface area contributed by atoms with Crippen molar-refractivity contribution in [3.05, 3.63) is 58.4 Å². The first kappa shape index (κ1) is 21.7. The standard InChI is InChI=1S/C21H20N2O5S2/c1-3-27-18(25)12-23(15-8-5-4-6-9-15)17(24)13-28-21(26)19-14(2)22-20(30-19)16-10-7-11-29-16/h4-11H,3,12-13H2,1-2H3. The SMILES string of the molecule is CCOC(=O)CN(C(=O)COC(=O)c1sc(-c2cccs2)nc1C)c1ccccc1. The van der Waals surface area contributed by atoms with Crippen LogP contribution in [0.1, 0.15) is 22.3 Å². The number of ether oxygens (including phenoxy) is 2. The summed E-state index contributed by atoms with van der Waals surface area (Å²) >= 11 is 2.76. The van der Waals surface area contributed by atoms with Crippen molar-refractivity contribution >= 4 is 46.2 Å². The average molecular weight is 445 g/mol. The second-order valence-electron chi connectivity index (χ2n) is 6.11. The molecule has 3 rings (SSSR count). The summed E-state index contributed by atoms with van der Waals surface area (Å²) in [5.41, 5.74) is 1.06. The van der Waals surface area contributed by atoms with E-state index in [-0.39, 0.29) is 13.2 Å². The molecule has 3 aromatic rings. The Morgan fingerprint density at radius 1 is 1.07 bits per heavy atom. The average Bonchev–Trinajstić information content (AvgIpc) is 3.40. The van der Waals surface area contributed by atoms with E-state index in [0.717, 1.165) is 9.88 Å². The largest absolute Gasteiger partial charge is 0.465 e. The van der Waals surface area contributed by atoms with Crippen molar-refractivity contribution in [1.29, 1.82) is 0 Å². The van der Waals surface area contributed by atoms with E-state index >= 15 is 0 Å². The molecule has 2 aromatic heterocycles. The van der Waals surface area contributed by atoms with Crippen molar-refractivity contribution in [3.8, 4) is 9.88 Å². The number of para-hydroxylation sites is 1. The van der Waals surface area contributed by atoms with Crippen LogP contribution in [0.25, 0.3) is 9.88 Å². The first-order valence-electron chi connectivity index (χ1n) is 9.19. The highest BCUT2D eigenvalue weighted by molar-refractivity contribution is 7.22. The van der Waals surface area contributed by atoms with Gasteiger partial charge in [-0.1, -0.05) is 24.3 Å². The topological polar surface area (TPSA) is 85.8 Å². The van der Waals surface area contributed by atoms with Crippen LogP contribution in [0.15, 0.2) is 47.8 Å². The van der Waals surface area contributed by atoms with Crippen LogP contribution in [0.4, 0.5) is 5.69 Å². The molecule has 2 heterocycles. The maximum atomic E-state index is 12.7. The summed E-state index contributed by atoms with van der Waals surface area (Å²) in [5.74, 6) is -1.69. The smallest absolute Gasteiger partial charge is 0.350 e. The summed E-state index contributed by atoms with van der Waals surface area (Å²) in [5, 5.41) is 2.67. The molecule has 0 atom stereocenters. The van der Waals surface area contributed by atoms with E-state index in [2.05, 4.69) is 4.98 Å². The number of carbonyl (C=O) groups is 3. The molecule has 0 N–H and O–H groups in total. The lowest BCUT2D eigenvalue weighted by Gasteiger charge is -2.21. The van der Waals surface area contributed by atoms with Crippen LogP contribution in [-0.2, 0) is 19.1 Å². The number of hydrogen-bond donors (Lipinski definition) is 0. The normalized spacial score (nSPS) is 10.5. The number of aryl methyl sites for hydroxylation is 1. The number of carbonyl (C=O) groups excluding carboxylic acids is 3. The minimum Gasteiger partial charge on any atom is -0.465 e. The Balaban J connectivity index is 1.69. The molecule has 30 heavy (non-hydrogen) atoms. The van der Waals surface area contributed by atoms with Crippen molar-refractivity contribution < 1.29 is 23.9 Å². The summed E-state index contributed by atoms with van der Waals surface area (Å²) < 4.78 is 10.2. The van der Waals surface area contributed by atoms with Gasteiger partial charge in [-0.2, -0.15) is 0 Å². The van der Waals surface area contributed by atoms with E-state index in [0.29, 0.717) is 16.3 Å². The van der Waals surface area contributed by atoms with Gasteiger partial charge < -0.3 is 9.47 Å². The van der Waals surface area contributed by atoms with Crippen LogP contribution in [-0.4, -0.2) is 42.6 Å². The molecule has 0 saturated carbocycles. The number of nitrogens with zero attached hydrogens (tertiary/aromatic N) is 2. The molecular weight excluding hydrogens is 424 g/mol. The van der Waals surface area contributed by atoms with E-state index < -0.39 is 24.5 Å². The molecule has 0 spiro atoms. The Bertz CT molecular complexity index is 1020. The lowest BCUT2D eigenvalue weighted by atomic mass is 10.3. The molecule has 0 radical (unpaired) electrons. The van der Waals surface area contributed by atoms with Gasteiger partial charge in [-0.3, -0.25) is 14.5 Å². The van der Waals surface area contributed by atoms with Gasteiger partial charge in [-0.05, 0) is 37.4 Å². The third-order valence-corrected chi connectivity index (χ3v) is 6.18. The van der Waals surface area contributed by atoms with E-state index in [1.807, 2.05) is 17.5 Å². The maximum Gasteiger partial charge on any atom is 0.350 e. The van der Waals surface area contributed by atoms with E-state index in [1.165, 1.54) is 27.6 Å². The molecule has 0 aliphatic rings.